The number of aromatic nitrogens is 1. The third kappa shape index (κ3) is 4.36. The number of para-hydroxylation sites is 1. The first-order chi connectivity index (χ1) is 11.6. The van der Waals surface area contributed by atoms with Crippen molar-refractivity contribution in [2.45, 2.75) is 26.2 Å². The van der Waals surface area contributed by atoms with Crippen LogP contribution < -0.4 is 10.2 Å². The van der Waals surface area contributed by atoms with Gasteiger partial charge >= 0.3 is 0 Å². The molecule has 4 heteroatoms. The maximum atomic E-state index is 5.29. The Morgan fingerprint density at radius 2 is 1.92 bits per heavy atom. The largest absolute Gasteiger partial charge is 0.463 e. The smallest absolute Gasteiger partial charge is 0.152 e. The quantitative estimate of drug-likeness (QED) is 0.623. The lowest BCUT2D eigenvalue weighted by Crippen LogP contribution is -2.15. The average molecular weight is 342 g/mol. The van der Waals surface area contributed by atoms with Gasteiger partial charge in [0.15, 0.2) is 5.58 Å². The number of fused-ring (bicyclic) bond motifs is 1. The zero-order valence-corrected chi connectivity index (χ0v) is 16.2. The Morgan fingerprint density at radius 3 is 2.54 bits per heavy atom. The van der Waals surface area contributed by atoms with E-state index in [0.29, 0.717) is 5.92 Å². The van der Waals surface area contributed by atoms with E-state index in [1.165, 1.54) is 21.9 Å². The molecule has 3 rings (SSSR count). The first-order valence-corrected chi connectivity index (χ1v) is 9.83. The van der Waals surface area contributed by atoms with Gasteiger partial charge in [0.2, 0.25) is 0 Å². The van der Waals surface area contributed by atoms with Crippen LogP contribution in [0, 0.1) is 0 Å². The summed E-state index contributed by atoms with van der Waals surface area (Å²) in [6.45, 7) is 6.61. The highest BCUT2D eigenvalue weighted by Gasteiger charge is 2.09. The molecule has 2 atom stereocenters. The molecule has 0 aliphatic carbocycles. The number of hydrogen-bond acceptors (Lipinski definition) is 3. The second-order valence-electron chi connectivity index (χ2n) is 6.03. The average Bonchev–Trinajstić information content (AvgIpc) is 3.10. The summed E-state index contributed by atoms with van der Waals surface area (Å²) in [7, 11) is 5.04. The highest BCUT2D eigenvalue weighted by molar-refractivity contribution is 7.46. The number of hydrogen-bond donors (Lipinski definition) is 0. The molecule has 2 heterocycles. The molecule has 0 bridgehead atoms. The highest BCUT2D eigenvalue weighted by atomic mass is 31.1. The Kier molecular flexibility index (Phi) is 6.81. The van der Waals surface area contributed by atoms with Crippen molar-refractivity contribution < 1.29 is 4.42 Å². The van der Waals surface area contributed by atoms with Crippen LogP contribution in [0.15, 0.2) is 53.4 Å². The van der Waals surface area contributed by atoms with E-state index in [1.54, 1.807) is 12.5 Å². The minimum atomic E-state index is 0.550. The minimum Gasteiger partial charge on any atom is -0.463 e. The van der Waals surface area contributed by atoms with Gasteiger partial charge in [0, 0.05) is 31.4 Å². The van der Waals surface area contributed by atoms with Gasteiger partial charge in [-0.3, -0.25) is 4.98 Å². The Labute approximate surface area is 146 Å². The number of benzene rings is 1. The topological polar surface area (TPSA) is 29.3 Å². The Balaban J connectivity index is 0.000000177. The van der Waals surface area contributed by atoms with Crippen LogP contribution in [0.5, 0.6) is 0 Å². The molecule has 2 aromatic heterocycles. The maximum Gasteiger partial charge on any atom is 0.152 e. The van der Waals surface area contributed by atoms with Crippen LogP contribution in [-0.4, -0.2) is 25.7 Å². The molecule has 0 N–H and O–H groups in total. The Morgan fingerprint density at radius 1 is 1.17 bits per heavy atom. The second kappa shape index (κ2) is 8.84. The minimum absolute atomic E-state index is 0.550. The van der Waals surface area contributed by atoms with Crippen molar-refractivity contribution in [3.8, 4) is 0 Å². The van der Waals surface area contributed by atoms with Crippen LogP contribution in [0.2, 0.25) is 0 Å². The lowest BCUT2D eigenvalue weighted by atomic mass is 9.98. The summed E-state index contributed by atoms with van der Waals surface area (Å²) in [5, 5.41) is 2.64. The normalized spacial score (nSPS) is 12.2. The summed E-state index contributed by atoms with van der Waals surface area (Å²) in [4.78, 5) is 6.32. The van der Waals surface area contributed by atoms with E-state index in [0.717, 1.165) is 20.6 Å². The molecule has 0 spiro atoms. The van der Waals surface area contributed by atoms with Crippen LogP contribution >= 0.6 is 8.58 Å². The number of rotatable bonds is 4. The number of anilines is 1. The summed E-state index contributed by atoms with van der Waals surface area (Å²) in [6, 6.07) is 10.5. The van der Waals surface area contributed by atoms with E-state index in [-0.39, 0.29) is 0 Å². The molecular weight excluding hydrogens is 315 g/mol. The molecule has 128 valence electrons. The molecular formula is C20H27N2OP. The van der Waals surface area contributed by atoms with Crippen LogP contribution in [0.25, 0.3) is 11.0 Å². The predicted molar refractivity (Wildman–Crippen MR) is 107 cm³/mol. The molecule has 3 aromatic rings. The van der Waals surface area contributed by atoms with E-state index in [4.69, 9.17) is 4.42 Å². The fourth-order valence-corrected chi connectivity index (χ4v) is 3.43. The van der Waals surface area contributed by atoms with Gasteiger partial charge < -0.3 is 9.32 Å². The highest BCUT2D eigenvalue weighted by Crippen LogP contribution is 2.26. The van der Waals surface area contributed by atoms with Gasteiger partial charge in [-0.1, -0.05) is 40.6 Å². The van der Waals surface area contributed by atoms with Crippen molar-refractivity contribution in [2.75, 3.05) is 25.7 Å². The van der Waals surface area contributed by atoms with E-state index < -0.39 is 0 Å². The number of furan rings is 1. The third-order valence-electron chi connectivity index (χ3n) is 4.21. The summed E-state index contributed by atoms with van der Waals surface area (Å²) in [6.07, 6.45) is 6.55. The molecule has 1 aromatic carbocycles. The monoisotopic (exact) mass is 342 g/mol. The van der Waals surface area contributed by atoms with E-state index >= 15 is 0 Å². The van der Waals surface area contributed by atoms with Gasteiger partial charge in [-0.05, 0) is 42.0 Å². The SMILES string of the molecule is CCC(C)c1cncc2occc12.CPc1ccccc1N(C)C. The predicted octanol–water partition coefficient (Wildman–Crippen LogP) is 5.03. The zero-order valence-electron chi connectivity index (χ0n) is 15.2. The Hall–Kier alpha value is -1.86. The molecule has 0 saturated heterocycles. The Bertz CT molecular complexity index is 767. The second-order valence-corrected chi connectivity index (χ2v) is 7.07. The fourth-order valence-electron chi connectivity index (χ4n) is 2.60. The standard InChI is InChI=1S/C11H13NO.C9H14NP/c1-3-8(2)10-6-12-7-11-9(10)4-5-13-11;1-10(2)8-6-4-5-7-9(8)11-3/h4-8H,3H2,1-2H3;4-7,11H,1-3H3. The maximum absolute atomic E-state index is 5.29. The molecule has 0 amide bonds. The van der Waals surface area contributed by atoms with Gasteiger partial charge in [-0.15, -0.1) is 0 Å². The summed E-state index contributed by atoms with van der Waals surface area (Å²) >= 11 is 0. The number of nitrogens with zero attached hydrogens (tertiary/aromatic N) is 2. The molecule has 0 saturated carbocycles. The summed E-state index contributed by atoms with van der Waals surface area (Å²) in [5.41, 5.74) is 3.51. The zero-order chi connectivity index (χ0) is 17.5. The molecule has 3 nitrogen and oxygen atoms in total. The fraction of sp³-hybridized carbons (Fsp3) is 0.350. The molecule has 0 aliphatic rings. The van der Waals surface area contributed by atoms with Crippen LogP contribution in [-0.2, 0) is 0 Å². The van der Waals surface area contributed by atoms with Crippen molar-refractivity contribution in [2.24, 2.45) is 0 Å². The summed E-state index contributed by atoms with van der Waals surface area (Å²) in [5.74, 6) is 0.550. The van der Waals surface area contributed by atoms with Crippen LogP contribution in [0.1, 0.15) is 31.7 Å². The van der Waals surface area contributed by atoms with E-state index in [1.807, 2.05) is 12.3 Å². The first kappa shape index (κ1) is 18.5. The van der Waals surface area contributed by atoms with Crippen molar-refractivity contribution in [3.05, 3.63) is 54.6 Å². The van der Waals surface area contributed by atoms with Gasteiger partial charge in [0.05, 0.1) is 12.5 Å². The van der Waals surface area contributed by atoms with Crippen molar-refractivity contribution >= 4 is 30.5 Å². The number of pyridine rings is 1. The lowest BCUT2D eigenvalue weighted by molar-refractivity contribution is 0.613. The molecule has 0 radical (unpaired) electrons. The first-order valence-electron chi connectivity index (χ1n) is 8.33. The third-order valence-corrected chi connectivity index (χ3v) is 5.17. The molecule has 0 aliphatic heterocycles. The summed E-state index contributed by atoms with van der Waals surface area (Å²) < 4.78 is 5.29. The van der Waals surface area contributed by atoms with Gasteiger partial charge in [0.1, 0.15) is 0 Å². The van der Waals surface area contributed by atoms with Gasteiger partial charge in [-0.25, -0.2) is 0 Å². The van der Waals surface area contributed by atoms with Gasteiger partial charge in [0.25, 0.3) is 0 Å². The molecule has 2 unspecified atom stereocenters. The van der Waals surface area contributed by atoms with E-state index in [9.17, 15) is 0 Å². The van der Waals surface area contributed by atoms with Crippen LogP contribution in [0.4, 0.5) is 5.69 Å². The molecule has 0 fully saturated rings. The van der Waals surface area contributed by atoms with E-state index in [2.05, 4.69) is 68.8 Å². The molecule has 24 heavy (non-hydrogen) atoms. The van der Waals surface area contributed by atoms with Crippen molar-refractivity contribution in [1.29, 1.82) is 0 Å². The van der Waals surface area contributed by atoms with Crippen LogP contribution in [0.3, 0.4) is 0 Å². The lowest BCUT2D eigenvalue weighted by Gasteiger charge is -2.15. The van der Waals surface area contributed by atoms with Gasteiger partial charge in [-0.2, -0.15) is 0 Å². The van der Waals surface area contributed by atoms with Crippen molar-refractivity contribution in [3.63, 3.8) is 0 Å². The van der Waals surface area contributed by atoms with Crippen molar-refractivity contribution in [1.82, 2.24) is 4.98 Å².